The lowest BCUT2D eigenvalue weighted by molar-refractivity contribution is -0.136. The Morgan fingerprint density at radius 2 is 2.11 bits per heavy atom. The van der Waals surface area contributed by atoms with E-state index in [2.05, 4.69) is 10.1 Å². The third-order valence-corrected chi connectivity index (χ3v) is 3.23. The van der Waals surface area contributed by atoms with Gasteiger partial charge in [-0.15, -0.1) is 0 Å². The van der Waals surface area contributed by atoms with E-state index >= 15 is 0 Å². The van der Waals surface area contributed by atoms with E-state index in [-0.39, 0.29) is 11.3 Å². The largest absolute Gasteiger partial charge is 0.417 e. The van der Waals surface area contributed by atoms with E-state index < -0.39 is 11.7 Å². The van der Waals surface area contributed by atoms with Crippen molar-refractivity contribution in [1.82, 2.24) is 14.8 Å². The molecule has 6 heteroatoms. The van der Waals surface area contributed by atoms with Crippen molar-refractivity contribution in [3.8, 4) is 0 Å². The third kappa shape index (κ3) is 1.76. The van der Waals surface area contributed by atoms with Crippen LogP contribution in [0.2, 0.25) is 0 Å². The molecule has 3 nitrogen and oxygen atoms in total. The van der Waals surface area contributed by atoms with Gasteiger partial charge in [0.1, 0.15) is 0 Å². The molecule has 1 saturated carbocycles. The second kappa shape index (κ2) is 3.70. The van der Waals surface area contributed by atoms with Gasteiger partial charge in [-0.3, -0.25) is 0 Å². The lowest BCUT2D eigenvalue weighted by atomic mass is 10.1. The molecule has 1 aliphatic carbocycles. The summed E-state index contributed by atoms with van der Waals surface area (Å²) in [4.78, 5) is 4.34. The average Bonchev–Trinajstić information content (AvgIpc) is 3.07. The second-order valence-corrected chi connectivity index (χ2v) is 4.56. The molecule has 0 bridgehead atoms. The molecule has 2 aromatic rings. The van der Waals surface area contributed by atoms with Gasteiger partial charge in [-0.1, -0.05) is 0 Å². The summed E-state index contributed by atoms with van der Waals surface area (Å²) in [6.07, 6.45) is -1.25. The minimum atomic E-state index is -4.35. The van der Waals surface area contributed by atoms with Crippen LogP contribution in [-0.4, -0.2) is 14.8 Å². The fourth-order valence-electron chi connectivity index (χ4n) is 2.12. The van der Waals surface area contributed by atoms with Gasteiger partial charge in [0.05, 0.1) is 17.1 Å². The normalized spacial score (nSPS) is 16.4. The van der Waals surface area contributed by atoms with Crippen LogP contribution < -0.4 is 0 Å². The highest BCUT2D eigenvalue weighted by atomic mass is 19.4. The first-order chi connectivity index (χ1) is 8.50. The molecule has 3 rings (SSSR count). The zero-order valence-corrected chi connectivity index (χ0v) is 9.83. The highest BCUT2D eigenvalue weighted by molar-refractivity contribution is 5.79. The quantitative estimate of drug-likeness (QED) is 0.823. The monoisotopic (exact) mass is 255 g/mol. The number of aromatic nitrogens is 3. The van der Waals surface area contributed by atoms with Gasteiger partial charge in [-0.25, -0.2) is 9.67 Å². The standard InChI is InChI=1S/C12H12F3N3/c1-2-18-11-8(6-16-18)9(12(13,14)15)5-10(17-11)7-3-4-7/h5-7H,2-4H2,1H3. The molecule has 18 heavy (non-hydrogen) atoms. The van der Waals surface area contributed by atoms with Gasteiger partial charge in [0.15, 0.2) is 5.65 Å². The first-order valence-electron chi connectivity index (χ1n) is 5.94. The predicted molar refractivity (Wildman–Crippen MR) is 60.2 cm³/mol. The zero-order chi connectivity index (χ0) is 12.9. The second-order valence-electron chi connectivity index (χ2n) is 4.56. The Morgan fingerprint density at radius 1 is 1.39 bits per heavy atom. The Labute approximate surface area is 102 Å². The first-order valence-corrected chi connectivity index (χ1v) is 5.94. The van der Waals surface area contributed by atoms with Crippen LogP contribution in [0.4, 0.5) is 13.2 Å². The SMILES string of the molecule is CCn1ncc2c(C(F)(F)F)cc(C3CC3)nc21. The van der Waals surface area contributed by atoms with E-state index in [9.17, 15) is 13.2 Å². The summed E-state index contributed by atoms with van der Waals surface area (Å²) in [6, 6.07) is 1.18. The molecule has 1 aliphatic rings. The summed E-state index contributed by atoms with van der Waals surface area (Å²) in [7, 11) is 0. The summed E-state index contributed by atoms with van der Waals surface area (Å²) in [5.74, 6) is 0.190. The van der Waals surface area contributed by atoms with E-state index in [0.29, 0.717) is 17.9 Å². The van der Waals surface area contributed by atoms with Crippen molar-refractivity contribution in [3.63, 3.8) is 0 Å². The topological polar surface area (TPSA) is 30.7 Å². The number of aryl methyl sites for hydroxylation is 1. The maximum Gasteiger partial charge on any atom is 0.417 e. The molecule has 0 N–H and O–H groups in total. The number of alkyl halides is 3. The lowest BCUT2D eigenvalue weighted by Crippen LogP contribution is -2.08. The Hall–Kier alpha value is -1.59. The van der Waals surface area contributed by atoms with Crippen molar-refractivity contribution in [2.24, 2.45) is 0 Å². The van der Waals surface area contributed by atoms with Crippen LogP contribution in [-0.2, 0) is 12.7 Å². The van der Waals surface area contributed by atoms with Gasteiger partial charge in [0, 0.05) is 18.2 Å². The molecule has 0 radical (unpaired) electrons. The van der Waals surface area contributed by atoms with E-state index in [1.807, 2.05) is 6.92 Å². The summed E-state index contributed by atoms with van der Waals surface area (Å²) >= 11 is 0. The molecule has 0 aromatic carbocycles. The molecule has 1 fully saturated rings. The predicted octanol–water partition coefficient (Wildman–Crippen LogP) is 3.35. The molecule has 0 saturated heterocycles. The Balaban J connectivity index is 2.28. The zero-order valence-electron chi connectivity index (χ0n) is 9.83. The minimum Gasteiger partial charge on any atom is -0.248 e. The molecule has 0 amide bonds. The minimum absolute atomic E-state index is 0.0914. The number of nitrogens with zero attached hydrogens (tertiary/aromatic N) is 3. The van der Waals surface area contributed by atoms with E-state index in [1.54, 1.807) is 0 Å². The van der Waals surface area contributed by atoms with E-state index in [4.69, 9.17) is 0 Å². The van der Waals surface area contributed by atoms with Crippen molar-refractivity contribution in [1.29, 1.82) is 0 Å². The highest BCUT2D eigenvalue weighted by Crippen LogP contribution is 2.42. The number of halogens is 3. The molecule has 0 aliphatic heterocycles. The molecule has 0 spiro atoms. The lowest BCUT2D eigenvalue weighted by Gasteiger charge is -2.10. The molecule has 0 unspecified atom stereocenters. The van der Waals surface area contributed by atoms with Crippen LogP contribution in [0.15, 0.2) is 12.3 Å². The third-order valence-electron chi connectivity index (χ3n) is 3.23. The number of fused-ring (bicyclic) bond motifs is 1. The van der Waals surface area contributed by atoms with Crippen LogP contribution in [0.3, 0.4) is 0 Å². The summed E-state index contributed by atoms with van der Waals surface area (Å²) < 4.78 is 40.6. The number of hydrogen-bond acceptors (Lipinski definition) is 2. The molecular weight excluding hydrogens is 243 g/mol. The van der Waals surface area contributed by atoms with Crippen LogP contribution in [0.5, 0.6) is 0 Å². The van der Waals surface area contributed by atoms with E-state index in [1.165, 1.54) is 16.9 Å². The Kier molecular flexibility index (Phi) is 2.36. The van der Waals surface area contributed by atoms with Crippen LogP contribution in [0.25, 0.3) is 11.0 Å². The molecule has 96 valence electrons. The fraction of sp³-hybridized carbons (Fsp3) is 0.500. The molecule has 2 aromatic heterocycles. The summed E-state index contributed by atoms with van der Waals surface area (Å²) in [6.45, 7) is 2.35. The Morgan fingerprint density at radius 3 is 2.67 bits per heavy atom. The van der Waals surface area contributed by atoms with Crippen LogP contribution in [0.1, 0.15) is 36.9 Å². The van der Waals surface area contributed by atoms with Crippen molar-refractivity contribution >= 4 is 11.0 Å². The maximum absolute atomic E-state index is 13.0. The van der Waals surface area contributed by atoms with E-state index in [0.717, 1.165) is 12.8 Å². The maximum atomic E-state index is 13.0. The van der Waals surface area contributed by atoms with Crippen LogP contribution in [0, 0.1) is 0 Å². The smallest absolute Gasteiger partial charge is 0.248 e. The van der Waals surface area contributed by atoms with Gasteiger partial charge < -0.3 is 0 Å². The van der Waals surface area contributed by atoms with Crippen molar-refractivity contribution in [2.75, 3.05) is 0 Å². The molecule has 2 heterocycles. The molecule has 0 atom stereocenters. The first kappa shape index (κ1) is 11.5. The van der Waals surface area contributed by atoms with Gasteiger partial charge >= 0.3 is 6.18 Å². The van der Waals surface area contributed by atoms with Gasteiger partial charge in [0.2, 0.25) is 0 Å². The Bertz CT molecular complexity index is 596. The molecular formula is C12H12F3N3. The summed E-state index contributed by atoms with van der Waals surface area (Å²) in [5, 5.41) is 4.05. The van der Waals surface area contributed by atoms with Gasteiger partial charge in [-0.05, 0) is 25.8 Å². The van der Waals surface area contributed by atoms with Crippen molar-refractivity contribution in [3.05, 3.63) is 23.5 Å². The van der Waals surface area contributed by atoms with Crippen LogP contribution >= 0.6 is 0 Å². The average molecular weight is 255 g/mol. The van der Waals surface area contributed by atoms with Gasteiger partial charge in [-0.2, -0.15) is 18.3 Å². The van der Waals surface area contributed by atoms with Crippen molar-refractivity contribution in [2.45, 2.75) is 38.4 Å². The van der Waals surface area contributed by atoms with Crippen molar-refractivity contribution < 1.29 is 13.2 Å². The van der Waals surface area contributed by atoms with Gasteiger partial charge in [0.25, 0.3) is 0 Å². The number of pyridine rings is 1. The highest BCUT2D eigenvalue weighted by Gasteiger charge is 2.36. The fourth-order valence-corrected chi connectivity index (χ4v) is 2.12. The number of rotatable bonds is 2. The summed E-state index contributed by atoms with van der Waals surface area (Å²) in [5.41, 5.74) is 0.272. The number of hydrogen-bond donors (Lipinski definition) is 0.